The van der Waals surface area contributed by atoms with Crippen LogP contribution in [-0.2, 0) is 10.0 Å². The summed E-state index contributed by atoms with van der Waals surface area (Å²) in [6, 6.07) is 14.3. The van der Waals surface area contributed by atoms with Crippen LogP contribution in [0, 0.1) is 0 Å². The summed E-state index contributed by atoms with van der Waals surface area (Å²) in [6.07, 6.45) is 4.18. The zero-order chi connectivity index (χ0) is 25.0. The Kier molecular flexibility index (Phi) is 7.32. The predicted octanol–water partition coefficient (Wildman–Crippen LogP) is 3.45. The first-order valence-electron chi connectivity index (χ1n) is 11.6. The molecule has 1 aliphatic heterocycles. The van der Waals surface area contributed by atoms with E-state index in [4.69, 9.17) is 4.74 Å². The molecule has 4 rings (SSSR count). The van der Waals surface area contributed by atoms with E-state index in [0.717, 1.165) is 19.3 Å². The zero-order valence-electron chi connectivity index (χ0n) is 19.7. The van der Waals surface area contributed by atoms with Gasteiger partial charge in [-0.2, -0.15) is 9.40 Å². The van der Waals surface area contributed by atoms with Crippen LogP contribution < -0.4 is 15.5 Å². The number of hydrogen-bond donors (Lipinski definition) is 1. The van der Waals surface area contributed by atoms with Gasteiger partial charge < -0.3 is 10.1 Å². The number of sulfonamides is 1. The van der Waals surface area contributed by atoms with Gasteiger partial charge in [-0.15, -0.1) is 0 Å². The van der Waals surface area contributed by atoms with Gasteiger partial charge in [-0.3, -0.25) is 9.59 Å². The Labute approximate surface area is 204 Å². The number of ether oxygens (including phenoxy) is 1. The van der Waals surface area contributed by atoms with Crippen LogP contribution in [-0.4, -0.2) is 47.6 Å². The summed E-state index contributed by atoms with van der Waals surface area (Å²) in [7, 11) is -3.61. The summed E-state index contributed by atoms with van der Waals surface area (Å²) in [5, 5.41) is 6.82. The van der Waals surface area contributed by atoms with Gasteiger partial charge in [0.25, 0.3) is 5.91 Å². The quantitative estimate of drug-likeness (QED) is 0.536. The monoisotopic (exact) mass is 496 g/mol. The Bertz CT molecular complexity index is 1350. The van der Waals surface area contributed by atoms with Gasteiger partial charge in [0.05, 0.1) is 17.2 Å². The van der Waals surface area contributed by atoms with E-state index in [0.29, 0.717) is 30.3 Å². The Morgan fingerprint density at radius 1 is 1.09 bits per heavy atom. The molecule has 1 saturated heterocycles. The number of anilines is 1. The van der Waals surface area contributed by atoms with E-state index in [9.17, 15) is 18.0 Å². The highest BCUT2D eigenvalue weighted by molar-refractivity contribution is 7.89. The molecule has 0 saturated carbocycles. The molecule has 3 aromatic rings. The maximum absolute atomic E-state index is 13.0. The van der Waals surface area contributed by atoms with Gasteiger partial charge in [0.15, 0.2) is 5.69 Å². The van der Waals surface area contributed by atoms with Crippen LogP contribution in [0.5, 0.6) is 5.75 Å². The molecule has 0 bridgehead atoms. The van der Waals surface area contributed by atoms with Gasteiger partial charge in [0, 0.05) is 30.5 Å². The first-order valence-corrected chi connectivity index (χ1v) is 13.0. The molecule has 184 valence electrons. The van der Waals surface area contributed by atoms with Crippen LogP contribution in [0.15, 0.2) is 70.5 Å². The third-order valence-corrected chi connectivity index (χ3v) is 7.92. The van der Waals surface area contributed by atoms with Gasteiger partial charge in [0.2, 0.25) is 15.5 Å². The number of hydrogen-bond acceptors (Lipinski definition) is 6. The van der Waals surface area contributed by atoms with Gasteiger partial charge >= 0.3 is 0 Å². The number of carbonyl (C=O) groups excluding carboxylic acids is 1. The topological polar surface area (TPSA) is 111 Å². The molecule has 9 nitrogen and oxygen atoms in total. The molecular formula is C25H28N4O5S. The van der Waals surface area contributed by atoms with Crippen molar-refractivity contribution in [3.05, 3.63) is 76.7 Å². The molecule has 1 atom stereocenters. The molecule has 0 unspecified atom stereocenters. The van der Waals surface area contributed by atoms with Gasteiger partial charge in [0.1, 0.15) is 5.75 Å². The molecule has 35 heavy (non-hydrogen) atoms. The van der Waals surface area contributed by atoms with Crippen molar-refractivity contribution in [3.63, 3.8) is 0 Å². The molecule has 0 aliphatic carbocycles. The van der Waals surface area contributed by atoms with Crippen molar-refractivity contribution in [1.82, 2.24) is 14.1 Å². The van der Waals surface area contributed by atoms with Crippen LogP contribution in [0.3, 0.4) is 0 Å². The second-order valence-electron chi connectivity index (χ2n) is 8.34. The Balaban J connectivity index is 1.51. The fourth-order valence-electron chi connectivity index (χ4n) is 4.04. The van der Waals surface area contributed by atoms with Crippen molar-refractivity contribution in [2.24, 2.45) is 0 Å². The van der Waals surface area contributed by atoms with Crippen molar-refractivity contribution < 1.29 is 17.9 Å². The molecule has 1 fully saturated rings. The molecule has 0 radical (unpaired) electrons. The van der Waals surface area contributed by atoms with E-state index in [1.807, 2.05) is 13.8 Å². The van der Waals surface area contributed by atoms with E-state index >= 15 is 0 Å². The zero-order valence-corrected chi connectivity index (χ0v) is 20.5. The van der Waals surface area contributed by atoms with Crippen LogP contribution in [0.25, 0.3) is 5.69 Å². The second kappa shape index (κ2) is 10.4. The van der Waals surface area contributed by atoms with Crippen LogP contribution >= 0.6 is 0 Å². The van der Waals surface area contributed by atoms with Crippen molar-refractivity contribution >= 4 is 21.6 Å². The number of nitrogens with one attached hydrogen (secondary N) is 1. The highest BCUT2D eigenvalue weighted by Gasteiger charge is 2.30. The van der Waals surface area contributed by atoms with Crippen LogP contribution in [0.1, 0.15) is 43.6 Å². The first-order chi connectivity index (χ1) is 16.8. The number of nitrogens with zero attached hydrogens (tertiary/aromatic N) is 3. The van der Waals surface area contributed by atoms with Crippen LogP contribution in [0.2, 0.25) is 0 Å². The SMILES string of the molecule is CCOc1ccc(-n2ccc(=O)c(C(=O)Nc3ccc(S(=O)(=O)N4CCCC[C@@H]4C)cc3)n2)cc1. The average Bonchev–Trinajstić information content (AvgIpc) is 2.85. The Morgan fingerprint density at radius 3 is 2.46 bits per heavy atom. The number of carbonyl (C=O) groups is 1. The largest absolute Gasteiger partial charge is 0.494 e. The lowest BCUT2D eigenvalue weighted by Gasteiger charge is -2.32. The second-order valence-corrected chi connectivity index (χ2v) is 10.2. The number of piperidine rings is 1. The Morgan fingerprint density at radius 2 is 1.80 bits per heavy atom. The highest BCUT2D eigenvalue weighted by Crippen LogP contribution is 2.26. The number of rotatable bonds is 7. The molecular weight excluding hydrogens is 468 g/mol. The van der Waals surface area contributed by atoms with E-state index in [1.54, 1.807) is 24.3 Å². The molecule has 2 aromatic carbocycles. The number of amides is 1. The minimum Gasteiger partial charge on any atom is -0.494 e. The van der Waals surface area contributed by atoms with E-state index in [-0.39, 0.29) is 16.6 Å². The molecule has 2 heterocycles. The Hall–Kier alpha value is -3.50. The van der Waals surface area contributed by atoms with Crippen molar-refractivity contribution in [3.8, 4) is 11.4 Å². The maximum Gasteiger partial charge on any atom is 0.280 e. The van der Waals surface area contributed by atoms with Crippen molar-refractivity contribution in [2.45, 2.75) is 44.0 Å². The summed E-state index contributed by atoms with van der Waals surface area (Å²) in [6.45, 7) is 4.86. The third-order valence-electron chi connectivity index (χ3n) is 5.90. The molecule has 0 spiro atoms. The van der Waals surface area contributed by atoms with Gasteiger partial charge in [-0.05, 0) is 75.2 Å². The minimum atomic E-state index is -3.61. The lowest BCUT2D eigenvalue weighted by Crippen LogP contribution is -2.41. The summed E-state index contributed by atoms with van der Waals surface area (Å²) in [4.78, 5) is 25.3. The standard InChI is InChI=1S/C25H28N4O5S/c1-3-34-21-11-9-20(10-12-21)28-17-15-23(30)24(27-28)25(31)26-19-7-13-22(14-8-19)35(32,33)29-16-5-4-6-18(29)2/h7-15,17-18H,3-6,16H2,1-2H3,(H,26,31)/t18-/m0/s1. The number of benzene rings is 2. The van der Waals surface area contributed by atoms with Crippen molar-refractivity contribution in [2.75, 3.05) is 18.5 Å². The summed E-state index contributed by atoms with van der Waals surface area (Å²) < 4.78 is 34.4. The molecule has 1 aliphatic rings. The molecule has 1 N–H and O–H groups in total. The molecule has 1 aromatic heterocycles. The third kappa shape index (κ3) is 5.44. The lowest BCUT2D eigenvalue weighted by atomic mass is 10.1. The fourth-order valence-corrected chi connectivity index (χ4v) is 5.73. The normalized spacial score (nSPS) is 16.6. The first kappa shape index (κ1) is 24.6. The van der Waals surface area contributed by atoms with E-state index in [2.05, 4.69) is 10.4 Å². The maximum atomic E-state index is 13.0. The number of aromatic nitrogens is 2. The van der Waals surface area contributed by atoms with E-state index < -0.39 is 21.4 Å². The van der Waals surface area contributed by atoms with Crippen LogP contribution in [0.4, 0.5) is 5.69 Å². The fraction of sp³-hybridized carbons (Fsp3) is 0.320. The van der Waals surface area contributed by atoms with E-state index in [1.165, 1.54) is 45.5 Å². The van der Waals surface area contributed by atoms with Gasteiger partial charge in [-0.1, -0.05) is 6.42 Å². The minimum absolute atomic E-state index is 0.0465. The average molecular weight is 497 g/mol. The molecule has 1 amide bonds. The highest BCUT2D eigenvalue weighted by atomic mass is 32.2. The summed E-state index contributed by atoms with van der Waals surface area (Å²) in [5.74, 6) is 0.0195. The summed E-state index contributed by atoms with van der Waals surface area (Å²) >= 11 is 0. The predicted molar refractivity (Wildman–Crippen MR) is 133 cm³/mol. The smallest absolute Gasteiger partial charge is 0.280 e. The van der Waals surface area contributed by atoms with Crippen molar-refractivity contribution in [1.29, 1.82) is 0 Å². The molecule has 10 heteroatoms. The van der Waals surface area contributed by atoms with Gasteiger partial charge in [-0.25, -0.2) is 13.1 Å². The lowest BCUT2D eigenvalue weighted by molar-refractivity contribution is 0.101. The summed E-state index contributed by atoms with van der Waals surface area (Å²) in [5.41, 5.74) is 0.213.